The molecule has 1 saturated carbocycles. The van der Waals surface area contributed by atoms with Crippen molar-refractivity contribution in [3.63, 3.8) is 0 Å². The molecule has 108 valence electrons. The fourth-order valence-electron chi connectivity index (χ4n) is 2.24. The average molecular weight is 412 g/mol. The third-order valence-corrected chi connectivity index (χ3v) is 3.54. The second-order valence-electron chi connectivity index (χ2n) is 4.94. The molecule has 0 aliphatic heterocycles. The van der Waals surface area contributed by atoms with Crippen molar-refractivity contribution >= 4 is 22.7 Å². The molecular formula is C16H19N2Yb-. The Morgan fingerprint density at radius 3 is 2.63 bits per heavy atom. The van der Waals surface area contributed by atoms with Crippen LogP contribution in [0, 0.1) is 52.8 Å². The van der Waals surface area contributed by atoms with Gasteiger partial charge in [-0.3, -0.25) is 4.99 Å². The molecule has 0 amide bonds. The molecule has 2 rings (SSSR count). The van der Waals surface area contributed by atoms with E-state index in [-0.39, 0.29) is 52.8 Å². The number of allylic oxidation sites excluding steroid dienone is 2. The Hall–Kier alpha value is -0.181. The summed E-state index contributed by atoms with van der Waals surface area (Å²) >= 11 is 0. The van der Waals surface area contributed by atoms with Gasteiger partial charge >= 0.3 is 0 Å². The van der Waals surface area contributed by atoms with Gasteiger partial charge < -0.3 is 5.41 Å². The van der Waals surface area contributed by atoms with Gasteiger partial charge in [-0.1, -0.05) is 31.2 Å². The van der Waals surface area contributed by atoms with E-state index in [2.05, 4.69) is 19.1 Å². The van der Waals surface area contributed by atoms with Gasteiger partial charge in [0.05, 0.1) is 5.69 Å². The van der Waals surface area contributed by atoms with Gasteiger partial charge in [0.15, 0.2) is 0 Å². The summed E-state index contributed by atoms with van der Waals surface area (Å²) in [5.74, 6) is 0.249. The third kappa shape index (κ3) is 4.14. The van der Waals surface area contributed by atoms with Crippen LogP contribution in [0.2, 0.25) is 0 Å². The van der Waals surface area contributed by atoms with Crippen LogP contribution in [0.4, 0.5) is 5.69 Å². The standard InChI is InChI=1S/C16H19N2.Yb/c1-4-11(2)14-7-5-6-8-16(14)18-13-9-12(3)15(17)10-13;/h4-8,12H,9-10H2,1-3H3;/q-1;/b11-4-,18-13?;. The minimum atomic E-state index is 0. The number of nitrogens with zero attached hydrogens (tertiary/aromatic N) is 2. The Morgan fingerprint density at radius 1 is 1.37 bits per heavy atom. The zero-order valence-electron chi connectivity index (χ0n) is 11.5. The molecule has 0 spiro atoms. The third-order valence-electron chi connectivity index (χ3n) is 3.54. The number of aliphatic imine (C=N–C) groups is 1. The zero-order valence-corrected chi connectivity index (χ0v) is 13.3. The molecule has 2 nitrogen and oxygen atoms in total. The molecule has 0 aromatic heterocycles. The van der Waals surface area contributed by atoms with Crippen LogP contribution in [0.3, 0.4) is 0 Å². The molecule has 1 aliphatic carbocycles. The first-order chi connectivity index (χ1) is 8.61. The summed E-state index contributed by atoms with van der Waals surface area (Å²) in [5.41, 5.74) is 5.05. The second-order valence-corrected chi connectivity index (χ2v) is 4.94. The second kappa shape index (κ2) is 7.56. The average Bonchev–Trinajstić information content (AvgIpc) is 2.68. The molecule has 0 N–H and O–H groups in total. The van der Waals surface area contributed by atoms with E-state index in [0.717, 1.165) is 17.8 Å². The van der Waals surface area contributed by atoms with Crippen molar-refractivity contribution < 1.29 is 46.9 Å². The first-order valence-corrected chi connectivity index (χ1v) is 6.45. The largest absolute Gasteiger partial charge is 0.811 e. The fraction of sp³-hybridized carbons (Fsp3) is 0.375. The van der Waals surface area contributed by atoms with Gasteiger partial charge in [-0.05, 0) is 44.2 Å². The molecule has 0 bridgehead atoms. The summed E-state index contributed by atoms with van der Waals surface area (Å²) in [4.78, 5) is 4.72. The van der Waals surface area contributed by atoms with Crippen molar-refractivity contribution in [3.8, 4) is 0 Å². The van der Waals surface area contributed by atoms with E-state index in [1.54, 1.807) is 0 Å². The minimum Gasteiger partial charge on any atom is -0.811 e. The Morgan fingerprint density at radius 2 is 2.05 bits per heavy atom. The molecule has 19 heavy (non-hydrogen) atoms. The first-order valence-electron chi connectivity index (χ1n) is 6.45. The van der Waals surface area contributed by atoms with Gasteiger partial charge in [-0.15, -0.1) is 0 Å². The predicted octanol–water partition coefficient (Wildman–Crippen LogP) is 4.62. The summed E-state index contributed by atoms with van der Waals surface area (Å²) < 4.78 is 0. The maximum atomic E-state index is 9.70. The summed E-state index contributed by atoms with van der Waals surface area (Å²) in [5, 5.41) is 9.70. The zero-order chi connectivity index (χ0) is 13.1. The van der Waals surface area contributed by atoms with Crippen LogP contribution in [-0.2, 0) is 0 Å². The predicted molar refractivity (Wildman–Crippen MR) is 79.6 cm³/mol. The van der Waals surface area contributed by atoms with Crippen molar-refractivity contribution in [2.24, 2.45) is 10.9 Å². The maximum Gasteiger partial charge on any atom is 0.0704 e. The summed E-state index contributed by atoms with van der Waals surface area (Å²) in [6.45, 7) is 6.18. The Bertz CT molecular complexity index is 529. The Labute approximate surface area is 154 Å². The van der Waals surface area contributed by atoms with Crippen LogP contribution >= 0.6 is 0 Å². The van der Waals surface area contributed by atoms with Gasteiger partial charge in [0, 0.05) is 58.2 Å². The van der Waals surface area contributed by atoms with Crippen molar-refractivity contribution in [1.82, 2.24) is 0 Å². The SMILES string of the molecule is C/C=C(/C)c1ccccc1N=C1CC(=[N-])C(C)C1.[Yb]. The summed E-state index contributed by atoms with van der Waals surface area (Å²) in [6, 6.07) is 8.17. The van der Waals surface area contributed by atoms with Gasteiger partial charge in [-0.2, -0.15) is 5.71 Å². The number of benzene rings is 1. The summed E-state index contributed by atoms with van der Waals surface area (Å²) in [7, 11) is 0. The molecule has 1 atom stereocenters. The van der Waals surface area contributed by atoms with Crippen molar-refractivity contribution in [1.29, 1.82) is 0 Å². The first kappa shape index (κ1) is 16.9. The number of rotatable bonds is 2. The molecule has 0 saturated heterocycles. The van der Waals surface area contributed by atoms with Crippen molar-refractivity contribution in [2.45, 2.75) is 33.6 Å². The topological polar surface area (TPSA) is 34.7 Å². The van der Waals surface area contributed by atoms with E-state index in [0.29, 0.717) is 12.1 Å². The quantitative estimate of drug-likeness (QED) is 0.680. The van der Waals surface area contributed by atoms with Gasteiger partial charge in [0.25, 0.3) is 0 Å². The maximum absolute atomic E-state index is 9.70. The molecule has 1 aliphatic rings. The minimum absolute atomic E-state index is 0. The smallest absolute Gasteiger partial charge is 0.0704 e. The van der Waals surface area contributed by atoms with Crippen LogP contribution in [0.15, 0.2) is 35.3 Å². The molecular weight excluding hydrogens is 393 g/mol. The van der Waals surface area contributed by atoms with Crippen molar-refractivity contribution in [3.05, 3.63) is 41.3 Å². The molecule has 1 aromatic rings. The van der Waals surface area contributed by atoms with Crippen LogP contribution in [0.25, 0.3) is 11.0 Å². The van der Waals surface area contributed by atoms with Crippen molar-refractivity contribution in [2.75, 3.05) is 0 Å². The van der Waals surface area contributed by atoms with E-state index in [1.807, 2.05) is 32.0 Å². The number of hydrogen-bond acceptors (Lipinski definition) is 1. The van der Waals surface area contributed by atoms with E-state index < -0.39 is 0 Å². The number of para-hydroxylation sites is 1. The van der Waals surface area contributed by atoms with Crippen LogP contribution < -0.4 is 0 Å². The van der Waals surface area contributed by atoms with E-state index in [1.165, 1.54) is 11.1 Å². The monoisotopic (exact) mass is 413 g/mol. The summed E-state index contributed by atoms with van der Waals surface area (Å²) in [6.07, 6.45) is 3.60. The van der Waals surface area contributed by atoms with E-state index >= 15 is 0 Å². The normalized spacial score (nSPS) is 21.6. The number of hydrogen-bond donors (Lipinski definition) is 0. The molecule has 0 heterocycles. The molecule has 3 heteroatoms. The van der Waals surface area contributed by atoms with Crippen LogP contribution in [0.5, 0.6) is 0 Å². The molecule has 1 unspecified atom stereocenters. The van der Waals surface area contributed by atoms with Crippen LogP contribution in [0.1, 0.15) is 39.2 Å². The molecule has 1 aromatic carbocycles. The van der Waals surface area contributed by atoms with Gasteiger partial charge in [-0.25, -0.2) is 0 Å². The molecule has 0 radical (unpaired) electrons. The fourth-order valence-corrected chi connectivity index (χ4v) is 2.24. The van der Waals surface area contributed by atoms with E-state index in [9.17, 15) is 5.41 Å². The Kier molecular flexibility index (Phi) is 6.72. The van der Waals surface area contributed by atoms with Gasteiger partial charge in [0.2, 0.25) is 0 Å². The van der Waals surface area contributed by atoms with Gasteiger partial charge in [0.1, 0.15) is 0 Å². The van der Waals surface area contributed by atoms with Crippen LogP contribution in [-0.4, -0.2) is 11.4 Å². The molecule has 1 fully saturated rings. The van der Waals surface area contributed by atoms with E-state index in [4.69, 9.17) is 4.99 Å². The Balaban J connectivity index is 0.00000180.